The molecule has 1 fully saturated rings. The molecule has 2 aliphatic rings. The van der Waals surface area contributed by atoms with Crippen LogP contribution in [0.4, 0.5) is 5.69 Å². The van der Waals surface area contributed by atoms with Crippen LogP contribution in [0.25, 0.3) is 10.9 Å². The highest BCUT2D eigenvalue weighted by Crippen LogP contribution is 2.37. The summed E-state index contributed by atoms with van der Waals surface area (Å²) in [6, 6.07) is 13.0. The van der Waals surface area contributed by atoms with Gasteiger partial charge >= 0.3 is 0 Å². The average Bonchev–Trinajstić information content (AvgIpc) is 3.59. The Hall–Kier alpha value is -2.93. The van der Waals surface area contributed by atoms with Crippen molar-refractivity contribution in [2.75, 3.05) is 11.1 Å². The van der Waals surface area contributed by atoms with Crippen LogP contribution in [-0.2, 0) is 11.2 Å². The molecule has 7 heteroatoms. The minimum Gasteiger partial charge on any atom is -0.326 e. The molecule has 1 aromatic heterocycles. The normalized spacial score (nSPS) is 16.1. The predicted molar refractivity (Wildman–Crippen MR) is 117 cm³/mol. The molecule has 0 bridgehead atoms. The molecule has 6 nitrogen and oxygen atoms in total. The fourth-order valence-electron chi connectivity index (χ4n) is 3.84. The maximum atomic E-state index is 13.0. The van der Waals surface area contributed by atoms with E-state index in [0.29, 0.717) is 28.0 Å². The number of carbonyl (C=O) groups is 2. The lowest BCUT2D eigenvalue weighted by Crippen LogP contribution is -2.22. The van der Waals surface area contributed by atoms with Crippen LogP contribution in [0.5, 0.6) is 0 Å². The Bertz CT molecular complexity index is 1230. The molecule has 1 amide bonds. The summed E-state index contributed by atoms with van der Waals surface area (Å²) in [6.07, 6.45) is 3.99. The van der Waals surface area contributed by atoms with Crippen LogP contribution >= 0.6 is 11.8 Å². The molecule has 2 aromatic carbocycles. The second-order valence-corrected chi connectivity index (χ2v) is 8.75. The lowest BCUT2D eigenvalue weighted by Gasteiger charge is -2.12. The van der Waals surface area contributed by atoms with Crippen LogP contribution in [-0.4, -0.2) is 27.0 Å². The summed E-state index contributed by atoms with van der Waals surface area (Å²) in [6.45, 7) is 0. The molecule has 1 aliphatic heterocycles. The monoisotopic (exact) mass is 419 g/mol. The Labute approximate surface area is 177 Å². The molecule has 0 spiro atoms. The van der Waals surface area contributed by atoms with Crippen LogP contribution in [0, 0.1) is 0 Å². The number of ketones is 1. The van der Waals surface area contributed by atoms with E-state index in [9.17, 15) is 14.4 Å². The third-order valence-electron chi connectivity index (χ3n) is 5.57. The minimum atomic E-state index is -0.0289. The molecule has 152 valence electrons. The largest absolute Gasteiger partial charge is 0.326 e. The molecule has 0 unspecified atom stereocenters. The maximum Gasteiger partial charge on any atom is 0.262 e. The average molecular weight is 420 g/mol. The molecule has 0 radical (unpaired) electrons. The second-order valence-electron chi connectivity index (χ2n) is 7.80. The Kier molecular flexibility index (Phi) is 4.90. The number of benzene rings is 2. The molecular formula is C23H21N3O3S. The van der Waals surface area contributed by atoms with Gasteiger partial charge in [0.2, 0.25) is 5.91 Å². The first-order valence-corrected chi connectivity index (χ1v) is 11.2. The number of thioether (sulfide) groups is 1. The number of rotatable bonds is 5. The van der Waals surface area contributed by atoms with E-state index in [1.165, 1.54) is 11.8 Å². The Balaban J connectivity index is 1.40. The summed E-state index contributed by atoms with van der Waals surface area (Å²) < 4.78 is 1.76. The Morgan fingerprint density at radius 2 is 1.97 bits per heavy atom. The zero-order valence-electron chi connectivity index (χ0n) is 16.4. The first-order valence-electron chi connectivity index (χ1n) is 10.2. The smallest absolute Gasteiger partial charge is 0.262 e. The van der Waals surface area contributed by atoms with Gasteiger partial charge in [0.05, 0.1) is 16.7 Å². The number of nitrogens with one attached hydrogen (secondary N) is 1. The number of aryl methyl sites for hydroxylation is 1. The summed E-state index contributed by atoms with van der Waals surface area (Å²) >= 11 is 1.32. The molecule has 0 saturated heterocycles. The predicted octanol–water partition coefficient (Wildman–Crippen LogP) is 3.98. The van der Waals surface area contributed by atoms with E-state index in [2.05, 4.69) is 10.3 Å². The summed E-state index contributed by atoms with van der Waals surface area (Å²) in [5.41, 5.74) is 3.04. The molecule has 1 aliphatic carbocycles. The molecular weight excluding hydrogens is 398 g/mol. The van der Waals surface area contributed by atoms with Crippen LogP contribution in [0.3, 0.4) is 0 Å². The minimum absolute atomic E-state index is 0.0110. The maximum absolute atomic E-state index is 13.0. The number of fused-ring (bicyclic) bond motifs is 2. The number of Topliss-reactive ketones (excluding diaryl/α,β-unsaturated/α-hetero) is 1. The highest BCUT2D eigenvalue weighted by molar-refractivity contribution is 7.99. The number of hydrogen-bond donors (Lipinski definition) is 1. The molecule has 3 aromatic rings. The highest BCUT2D eigenvalue weighted by atomic mass is 32.2. The zero-order chi connectivity index (χ0) is 20.7. The van der Waals surface area contributed by atoms with Gasteiger partial charge in [0.25, 0.3) is 5.56 Å². The fourth-order valence-corrected chi connectivity index (χ4v) is 4.80. The van der Waals surface area contributed by atoms with Gasteiger partial charge in [-0.3, -0.25) is 19.0 Å². The number of hydrogen-bond acceptors (Lipinski definition) is 5. The van der Waals surface area contributed by atoms with Gasteiger partial charge in [0, 0.05) is 23.7 Å². The van der Waals surface area contributed by atoms with E-state index in [0.717, 1.165) is 36.9 Å². The molecule has 1 saturated carbocycles. The number of para-hydroxylation sites is 1. The van der Waals surface area contributed by atoms with Crippen molar-refractivity contribution in [1.82, 2.24) is 9.55 Å². The van der Waals surface area contributed by atoms with E-state index in [4.69, 9.17) is 0 Å². The lowest BCUT2D eigenvalue weighted by molar-refractivity contribution is -0.116. The number of nitrogens with zero attached hydrogens (tertiary/aromatic N) is 2. The number of carbonyl (C=O) groups excluding carboxylic acids is 2. The summed E-state index contributed by atoms with van der Waals surface area (Å²) in [5, 5.41) is 4.12. The van der Waals surface area contributed by atoms with E-state index in [-0.39, 0.29) is 29.0 Å². The van der Waals surface area contributed by atoms with Crippen molar-refractivity contribution in [1.29, 1.82) is 0 Å². The van der Waals surface area contributed by atoms with Crippen molar-refractivity contribution in [2.24, 2.45) is 0 Å². The quantitative estimate of drug-likeness (QED) is 0.384. The first-order chi connectivity index (χ1) is 14.6. The third-order valence-corrected chi connectivity index (χ3v) is 6.52. The highest BCUT2D eigenvalue weighted by Gasteiger charge is 2.29. The first kappa shape index (κ1) is 19.1. The second kappa shape index (κ2) is 7.72. The summed E-state index contributed by atoms with van der Waals surface area (Å²) in [7, 11) is 0. The standard InChI is InChI=1S/C23H21N3O3S/c27-20(15-8-11-18-14(12-15)4-3-7-21(28)24-18)13-30-23-25-19-6-2-1-5-17(19)22(29)26(23)16-9-10-16/h1-2,5-6,8,11-12,16H,3-4,7,9-10,13H2,(H,24,28). The van der Waals surface area contributed by atoms with E-state index in [1.54, 1.807) is 16.7 Å². The topological polar surface area (TPSA) is 81.1 Å². The van der Waals surface area contributed by atoms with Gasteiger partial charge in [-0.15, -0.1) is 0 Å². The zero-order valence-corrected chi connectivity index (χ0v) is 17.2. The van der Waals surface area contributed by atoms with Crippen LogP contribution in [0.2, 0.25) is 0 Å². The number of amides is 1. The van der Waals surface area contributed by atoms with Gasteiger partial charge in [0.15, 0.2) is 10.9 Å². The van der Waals surface area contributed by atoms with Crippen molar-refractivity contribution in [2.45, 2.75) is 43.3 Å². The molecule has 30 heavy (non-hydrogen) atoms. The molecule has 5 rings (SSSR count). The number of anilines is 1. The van der Waals surface area contributed by atoms with Crippen LogP contribution < -0.4 is 10.9 Å². The Morgan fingerprint density at radius 3 is 2.80 bits per heavy atom. The summed E-state index contributed by atoms with van der Waals surface area (Å²) in [4.78, 5) is 42.2. The SMILES string of the molecule is O=C1CCCc2cc(C(=O)CSc3nc4ccccc4c(=O)n3C3CC3)ccc2N1. The summed E-state index contributed by atoms with van der Waals surface area (Å²) in [5.74, 6) is 0.217. The van der Waals surface area contributed by atoms with E-state index in [1.807, 2.05) is 30.3 Å². The van der Waals surface area contributed by atoms with Crippen molar-refractivity contribution < 1.29 is 9.59 Å². The van der Waals surface area contributed by atoms with Gasteiger partial charge in [-0.2, -0.15) is 0 Å². The Morgan fingerprint density at radius 1 is 1.13 bits per heavy atom. The lowest BCUT2D eigenvalue weighted by atomic mass is 10.0. The third kappa shape index (κ3) is 3.65. The molecule has 2 heterocycles. The fraction of sp³-hybridized carbons (Fsp3) is 0.304. The van der Waals surface area contributed by atoms with Gasteiger partial charge < -0.3 is 5.32 Å². The number of aromatic nitrogens is 2. The van der Waals surface area contributed by atoms with Gasteiger partial charge in [-0.05, 0) is 61.6 Å². The van der Waals surface area contributed by atoms with E-state index < -0.39 is 0 Å². The van der Waals surface area contributed by atoms with Crippen molar-refractivity contribution in [3.05, 3.63) is 63.9 Å². The van der Waals surface area contributed by atoms with E-state index >= 15 is 0 Å². The van der Waals surface area contributed by atoms with Crippen LogP contribution in [0.15, 0.2) is 52.4 Å². The van der Waals surface area contributed by atoms with Gasteiger partial charge in [-0.1, -0.05) is 23.9 Å². The van der Waals surface area contributed by atoms with Crippen LogP contribution in [0.1, 0.15) is 47.6 Å². The molecule has 1 N–H and O–H groups in total. The molecule has 0 atom stereocenters. The van der Waals surface area contributed by atoms with Crippen molar-refractivity contribution in [3.63, 3.8) is 0 Å². The van der Waals surface area contributed by atoms with Crippen molar-refractivity contribution >= 4 is 40.0 Å². The van der Waals surface area contributed by atoms with Gasteiger partial charge in [0.1, 0.15) is 0 Å². The van der Waals surface area contributed by atoms with Gasteiger partial charge in [-0.25, -0.2) is 4.98 Å². The van der Waals surface area contributed by atoms with Crippen molar-refractivity contribution in [3.8, 4) is 0 Å².